The largest absolute Gasteiger partial charge is 0.454 e. The van der Waals surface area contributed by atoms with Crippen molar-refractivity contribution in [2.24, 2.45) is 0 Å². The molecule has 0 radical (unpaired) electrons. The molecule has 138 valence electrons. The molecule has 1 atom stereocenters. The number of hydrogen-bond acceptors (Lipinski definition) is 4. The first kappa shape index (κ1) is 18.6. The fraction of sp³-hybridized carbons (Fsp3) is 0.381. The lowest BCUT2D eigenvalue weighted by Gasteiger charge is -2.28. The summed E-state index contributed by atoms with van der Waals surface area (Å²) in [5.74, 6) is -0.397. The Labute approximate surface area is 155 Å². The number of carbonyl (C=O) groups excluding carboxylic acids is 1. The Morgan fingerprint density at radius 1 is 1.08 bits per heavy atom. The van der Waals surface area contributed by atoms with Crippen molar-refractivity contribution in [3.05, 3.63) is 69.8 Å². The molecule has 2 aromatic carbocycles. The van der Waals surface area contributed by atoms with Crippen LogP contribution in [0.5, 0.6) is 0 Å². The third-order valence-electron chi connectivity index (χ3n) is 4.89. The fourth-order valence-electron chi connectivity index (χ4n) is 3.63. The summed E-state index contributed by atoms with van der Waals surface area (Å²) in [6.07, 6.45) is 3.83. The Hall–Kier alpha value is -2.14. The molecule has 4 nitrogen and oxygen atoms in total. The summed E-state index contributed by atoms with van der Waals surface area (Å²) in [6, 6.07) is 10.8. The van der Waals surface area contributed by atoms with Crippen LogP contribution in [0.25, 0.3) is 0 Å². The first-order valence-electron chi connectivity index (χ1n) is 8.81. The summed E-state index contributed by atoms with van der Waals surface area (Å²) >= 11 is 0. The van der Waals surface area contributed by atoms with E-state index < -0.39 is 9.84 Å². The van der Waals surface area contributed by atoms with Crippen LogP contribution >= 0.6 is 0 Å². The van der Waals surface area contributed by atoms with E-state index in [0.29, 0.717) is 11.1 Å². The minimum atomic E-state index is -3.09. The molecule has 0 spiro atoms. The first-order chi connectivity index (χ1) is 12.2. The predicted octanol–water partition coefficient (Wildman–Crippen LogP) is 4.08. The number of rotatable bonds is 4. The van der Waals surface area contributed by atoms with Crippen LogP contribution in [0, 0.1) is 13.8 Å². The zero-order valence-electron chi connectivity index (χ0n) is 15.4. The summed E-state index contributed by atoms with van der Waals surface area (Å²) in [5.41, 5.74) is 5.97. The maximum Gasteiger partial charge on any atom is 0.338 e. The van der Waals surface area contributed by atoms with Crippen molar-refractivity contribution in [2.45, 2.75) is 45.0 Å². The van der Waals surface area contributed by atoms with Gasteiger partial charge in [-0.1, -0.05) is 24.3 Å². The van der Waals surface area contributed by atoms with Crippen molar-refractivity contribution in [1.29, 1.82) is 0 Å². The Bertz CT molecular complexity index is 927. The van der Waals surface area contributed by atoms with Gasteiger partial charge in [0.15, 0.2) is 9.84 Å². The van der Waals surface area contributed by atoms with Gasteiger partial charge in [0.25, 0.3) is 0 Å². The molecule has 3 rings (SSSR count). The van der Waals surface area contributed by atoms with Gasteiger partial charge in [0.2, 0.25) is 0 Å². The molecular formula is C21H24O4S. The lowest BCUT2D eigenvalue weighted by atomic mass is 9.84. The molecule has 26 heavy (non-hydrogen) atoms. The smallest absolute Gasteiger partial charge is 0.338 e. The normalized spacial score (nSPS) is 16.8. The van der Waals surface area contributed by atoms with Gasteiger partial charge in [-0.25, -0.2) is 13.2 Å². The number of sulfone groups is 1. The van der Waals surface area contributed by atoms with Gasteiger partial charge < -0.3 is 4.74 Å². The molecule has 0 aliphatic heterocycles. The van der Waals surface area contributed by atoms with Crippen molar-refractivity contribution in [3.63, 3.8) is 0 Å². The molecule has 0 saturated carbocycles. The average molecular weight is 372 g/mol. The molecule has 1 aliphatic rings. The SMILES string of the molecule is Cc1ccc(C)c2c1CCC[C@@H]2OC(=O)c1ccc(CS(C)(=O)=O)cc1. The van der Waals surface area contributed by atoms with E-state index in [1.165, 1.54) is 17.4 Å². The monoisotopic (exact) mass is 372 g/mol. The molecule has 0 N–H and O–H groups in total. The maximum absolute atomic E-state index is 12.6. The number of carbonyl (C=O) groups is 1. The second kappa shape index (κ2) is 7.23. The topological polar surface area (TPSA) is 60.4 Å². The molecule has 0 fully saturated rings. The van der Waals surface area contributed by atoms with Crippen LogP contribution in [0.2, 0.25) is 0 Å². The maximum atomic E-state index is 12.6. The zero-order valence-corrected chi connectivity index (χ0v) is 16.2. The summed E-state index contributed by atoms with van der Waals surface area (Å²) in [5, 5.41) is 0. The van der Waals surface area contributed by atoms with Crippen molar-refractivity contribution in [2.75, 3.05) is 6.26 Å². The van der Waals surface area contributed by atoms with Gasteiger partial charge in [0.1, 0.15) is 6.10 Å². The van der Waals surface area contributed by atoms with Gasteiger partial charge >= 0.3 is 5.97 Å². The van der Waals surface area contributed by atoms with Crippen LogP contribution in [-0.4, -0.2) is 20.6 Å². The van der Waals surface area contributed by atoms with E-state index in [4.69, 9.17) is 4.74 Å². The predicted molar refractivity (Wildman–Crippen MR) is 102 cm³/mol. The highest BCUT2D eigenvalue weighted by atomic mass is 32.2. The van der Waals surface area contributed by atoms with Crippen LogP contribution < -0.4 is 0 Å². The molecule has 1 aliphatic carbocycles. The van der Waals surface area contributed by atoms with Crippen LogP contribution in [0.1, 0.15) is 57.1 Å². The van der Waals surface area contributed by atoms with E-state index in [1.807, 2.05) is 0 Å². The number of benzene rings is 2. The van der Waals surface area contributed by atoms with Crippen molar-refractivity contribution in [1.82, 2.24) is 0 Å². The highest BCUT2D eigenvalue weighted by molar-refractivity contribution is 7.89. The number of fused-ring (bicyclic) bond motifs is 1. The Balaban J connectivity index is 1.79. The number of esters is 1. The molecule has 5 heteroatoms. The molecular weight excluding hydrogens is 348 g/mol. The van der Waals surface area contributed by atoms with Crippen molar-refractivity contribution >= 4 is 15.8 Å². The van der Waals surface area contributed by atoms with E-state index in [-0.39, 0.29) is 17.8 Å². The van der Waals surface area contributed by atoms with Crippen LogP contribution in [0.3, 0.4) is 0 Å². The second-order valence-electron chi connectivity index (χ2n) is 7.14. The Morgan fingerprint density at radius 3 is 2.38 bits per heavy atom. The van der Waals surface area contributed by atoms with E-state index in [0.717, 1.165) is 30.4 Å². The third kappa shape index (κ3) is 4.15. The number of hydrogen-bond donors (Lipinski definition) is 0. The lowest BCUT2D eigenvalue weighted by molar-refractivity contribution is 0.0254. The minimum absolute atomic E-state index is 0.0310. The fourth-order valence-corrected chi connectivity index (χ4v) is 4.43. The molecule has 0 bridgehead atoms. The highest BCUT2D eigenvalue weighted by Gasteiger charge is 2.26. The Kier molecular flexibility index (Phi) is 5.19. The quantitative estimate of drug-likeness (QED) is 0.759. The van der Waals surface area contributed by atoms with Gasteiger partial charge in [0.05, 0.1) is 11.3 Å². The molecule has 0 unspecified atom stereocenters. The summed E-state index contributed by atoms with van der Waals surface area (Å²) in [6.45, 7) is 4.16. The van der Waals surface area contributed by atoms with Crippen molar-refractivity contribution < 1.29 is 17.9 Å². The van der Waals surface area contributed by atoms with Crippen LogP contribution in [0.15, 0.2) is 36.4 Å². The van der Waals surface area contributed by atoms with Crippen LogP contribution in [0.4, 0.5) is 0 Å². The van der Waals surface area contributed by atoms with Crippen molar-refractivity contribution in [3.8, 4) is 0 Å². The minimum Gasteiger partial charge on any atom is -0.454 e. The summed E-state index contributed by atoms with van der Waals surface area (Å²) in [7, 11) is -3.09. The molecule has 0 heterocycles. The standard InChI is InChI=1S/C21H24O4S/c1-14-7-8-15(2)20-18(14)5-4-6-19(20)25-21(22)17-11-9-16(10-12-17)13-26(3,23)24/h7-12,19H,4-6,13H2,1-3H3/t19-/m0/s1. The van der Waals surface area contributed by atoms with E-state index in [9.17, 15) is 13.2 Å². The number of aryl methyl sites for hydroxylation is 2. The van der Waals surface area contributed by atoms with Gasteiger partial charge in [-0.15, -0.1) is 0 Å². The first-order valence-corrected chi connectivity index (χ1v) is 10.9. The van der Waals surface area contributed by atoms with E-state index in [1.54, 1.807) is 24.3 Å². The number of ether oxygens (including phenoxy) is 1. The Morgan fingerprint density at radius 2 is 1.73 bits per heavy atom. The highest BCUT2D eigenvalue weighted by Crippen LogP contribution is 2.37. The third-order valence-corrected chi connectivity index (χ3v) is 5.75. The zero-order chi connectivity index (χ0) is 18.9. The van der Waals surface area contributed by atoms with Crippen LogP contribution in [-0.2, 0) is 26.7 Å². The van der Waals surface area contributed by atoms with E-state index in [2.05, 4.69) is 26.0 Å². The van der Waals surface area contributed by atoms with Gasteiger partial charge in [-0.3, -0.25) is 0 Å². The lowest BCUT2D eigenvalue weighted by Crippen LogP contribution is -2.19. The molecule has 0 amide bonds. The second-order valence-corrected chi connectivity index (χ2v) is 9.28. The van der Waals surface area contributed by atoms with Gasteiger partial charge in [0, 0.05) is 6.26 Å². The summed E-state index contributed by atoms with van der Waals surface area (Å²) < 4.78 is 28.6. The molecule has 2 aromatic rings. The van der Waals surface area contributed by atoms with Gasteiger partial charge in [-0.2, -0.15) is 0 Å². The molecule has 0 aromatic heterocycles. The summed E-state index contributed by atoms with van der Waals surface area (Å²) in [4.78, 5) is 12.6. The van der Waals surface area contributed by atoms with Gasteiger partial charge in [-0.05, 0) is 73.1 Å². The average Bonchev–Trinajstić information content (AvgIpc) is 2.57. The molecule has 0 saturated heterocycles. The van der Waals surface area contributed by atoms with E-state index >= 15 is 0 Å².